The minimum atomic E-state index is 0.593. The molecule has 5 heteroatoms. The predicted molar refractivity (Wildman–Crippen MR) is 99.0 cm³/mol. The maximum Gasteiger partial charge on any atom is 0.191 e. The van der Waals surface area contributed by atoms with E-state index < -0.39 is 0 Å². The van der Waals surface area contributed by atoms with E-state index in [9.17, 15) is 0 Å². The van der Waals surface area contributed by atoms with Crippen molar-refractivity contribution in [3.8, 4) is 0 Å². The summed E-state index contributed by atoms with van der Waals surface area (Å²) >= 11 is 1.93. The minimum absolute atomic E-state index is 0.593. The number of likely N-dealkylation sites (tertiary alicyclic amines) is 1. The Balaban J connectivity index is 1.61. The van der Waals surface area contributed by atoms with E-state index in [1.807, 2.05) is 18.8 Å². The van der Waals surface area contributed by atoms with Gasteiger partial charge >= 0.3 is 0 Å². The minimum Gasteiger partial charge on any atom is -0.356 e. The van der Waals surface area contributed by atoms with Gasteiger partial charge in [0.25, 0.3) is 0 Å². The van der Waals surface area contributed by atoms with Crippen LogP contribution < -0.4 is 10.6 Å². The third-order valence-corrected chi connectivity index (χ3v) is 5.70. The van der Waals surface area contributed by atoms with Crippen molar-refractivity contribution in [1.29, 1.82) is 0 Å². The van der Waals surface area contributed by atoms with Gasteiger partial charge in [0.15, 0.2) is 5.96 Å². The second-order valence-corrected chi connectivity index (χ2v) is 7.58. The lowest BCUT2D eigenvalue weighted by Gasteiger charge is -2.36. The molecule has 0 aromatic heterocycles. The number of hydrogen-bond donors (Lipinski definition) is 2. The van der Waals surface area contributed by atoms with E-state index in [1.54, 1.807) is 0 Å². The molecule has 0 atom stereocenters. The van der Waals surface area contributed by atoms with Crippen molar-refractivity contribution < 1.29 is 0 Å². The van der Waals surface area contributed by atoms with Gasteiger partial charge < -0.3 is 15.5 Å². The maximum atomic E-state index is 4.37. The van der Waals surface area contributed by atoms with E-state index >= 15 is 0 Å². The molecule has 1 heterocycles. The second-order valence-electron chi connectivity index (χ2n) is 6.59. The van der Waals surface area contributed by atoms with Crippen LogP contribution in [0.15, 0.2) is 4.99 Å². The second kappa shape index (κ2) is 10.4. The van der Waals surface area contributed by atoms with Gasteiger partial charge in [-0.3, -0.25) is 4.99 Å². The van der Waals surface area contributed by atoms with Gasteiger partial charge in [0, 0.05) is 38.8 Å². The molecule has 22 heavy (non-hydrogen) atoms. The van der Waals surface area contributed by atoms with Crippen LogP contribution in [0.3, 0.4) is 0 Å². The highest BCUT2D eigenvalue weighted by molar-refractivity contribution is 7.98. The summed E-state index contributed by atoms with van der Waals surface area (Å²) in [6.07, 6.45) is 12.9. The SMILES string of the molecule is CN=C(NCCCCSC)NC1CCN(C2CCCC2)CC1. The number of unbranched alkanes of at least 4 members (excludes halogenated alkanes) is 1. The van der Waals surface area contributed by atoms with Crippen molar-refractivity contribution >= 4 is 17.7 Å². The van der Waals surface area contributed by atoms with E-state index in [0.29, 0.717) is 6.04 Å². The maximum absolute atomic E-state index is 4.37. The highest BCUT2D eigenvalue weighted by atomic mass is 32.2. The number of hydrogen-bond acceptors (Lipinski definition) is 3. The molecule has 1 saturated carbocycles. The van der Waals surface area contributed by atoms with Crippen molar-refractivity contribution in [1.82, 2.24) is 15.5 Å². The van der Waals surface area contributed by atoms with Crippen LogP contribution in [0.25, 0.3) is 0 Å². The average Bonchev–Trinajstić information content (AvgIpc) is 3.08. The first-order valence-electron chi connectivity index (χ1n) is 9.03. The summed E-state index contributed by atoms with van der Waals surface area (Å²) in [4.78, 5) is 7.10. The first kappa shape index (κ1) is 17.9. The predicted octanol–water partition coefficient (Wildman–Crippen LogP) is 2.70. The number of thioether (sulfide) groups is 1. The fourth-order valence-corrected chi connectivity index (χ4v) is 4.14. The molecule has 0 aromatic rings. The zero-order valence-electron chi connectivity index (χ0n) is 14.4. The summed E-state index contributed by atoms with van der Waals surface area (Å²) in [5.41, 5.74) is 0. The molecule has 2 fully saturated rings. The summed E-state index contributed by atoms with van der Waals surface area (Å²) in [6, 6.07) is 1.48. The molecule has 1 saturated heterocycles. The van der Waals surface area contributed by atoms with Crippen LogP contribution in [0.5, 0.6) is 0 Å². The van der Waals surface area contributed by atoms with Crippen LogP contribution in [0.1, 0.15) is 51.4 Å². The van der Waals surface area contributed by atoms with Gasteiger partial charge in [-0.2, -0.15) is 11.8 Å². The lowest BCUT2D eigenvalue weighted by Crippen LogP contribution is -2.50. The number of nitrogens with zero attached hydrogens (tertiary/aromatic N) is 2. The molecule has 0 aromatic carbocycles. The number of nitrogens with one attached hydrogen (secondary N) is 2. The van der Waals surface area contributed by atoms with E-state index in [1.165, 1.54) is 70.2 Å². The number of rotatable bonds is 7. The molecule has 2 N–H and O–H groups in total. The van der Waals surface area contributed by atoms with Gasteiger partial charge in [0.1, 0.15) is 0 Å². The first-order valence-corrected chi connectivity index (χ1v) is 10.4. The third-order valence-electron chi connectivity index (χ3n) is 5.00. The van der Waals surface area contributed by atoms with Crippen molar-refractivity contribution in [2.45, 2.75) is 63.5 Å². The standard InChI is InChI=1S/C17H34N4S/c1-18-17(19-11-5-6-14-22-2)20-15-9-12-21(13-10-15)16-7-3-4-8-16/h15-16H,3-14H2,1-2H3,(H2,18,19,20). The van der Waals surface area contributed by atoms with Crippen LogP contribution in [0.4, 0.5) is 0 Å². The molecule has 0 unspecified atom stereocenters. The van der Waals surface area contributed by atoms with Crippen molar-refractivity contribution in [3.63, 3.8) is 0 Å². The topological polar surface area (TPSA) is 39.7 Å². The summed E-state index contributed by atoms with van der Waals surface area (Å²) < 4.78 is 0. The van der Waals surface area contributed by atoms with Crippen molar-refractivity contribution in [2.24, 2.45) is 4.99 Å². The summed E-state index contributed by atoms with van der Waals surface area (Å²) in [7, 11) is 1.88. The Morgan fingerprint density at radius 2 is 1.86 bits per heavy atom. The molecule has 2 aliphatic rings. The summed E-state index contributed by atoms with van der Waals surface area (Å²) in [5.74, 6) is 2.25. The van der Waals surface area contributed by atoms with Gasteiger partial charge in [-0.1, -0.05) is 12.8 Å². The Hall–Kier alpha value is -0.420. The van der Waals surface area contributed by atoms with E-state index in [2.05, 4.69) is 26.8 Å². The van der Waals surface area contributed by atoms with Crippen LogP contribution in [0, 0.1) is 0 Å². The van der Waals surface area contributed by atoms with E-state index in [-0.39, 0.29) is 0 Å². The Morgan fingerprint density at radius 1 is 1.14 bits per heavy atom. The molecule has 0 radical (unpaired) electrons. The molecule has 1 aliphatic heterocycles. The lowest BCUT2D eigenvalue weighted by molar-refractivity contribution is 0.150. The normalized spacial score (nSPS) is 22.2. The molecule has 4 nitrogen and oxygen atoms in total. The third kappa shape index (κ3) is 5.99. The molecule has 2 rings (SSSR count). The average molecular weight is 327 g/mol. The molecular formula is C17H34N4S. The quantitative estimate of drug-likeness (QED) is 0.429. The van der Waals surface area contributed by atoms with Crippen LogP contribution in [-0.2, 0) is 0 Å². The Kier molecular flexibility index (Phi) is 8.45. The first-order chi connectivity index (χ1) is 10.8. The van der Waals surface area contributed by atoms with Crippen molar-refractivity contribution in [3.05, 3.63) is 0 Å². The summed E-state index contributed by atoms with van der Waals surface area (Å²) in [6.45, 7) is 3.54. The highest BCUT2D eigenvalue weighted by Gasteiger charge is 2.27. The zero-order valence-corrected chi connectivity index (χ0v) is 15.3. The molecular weight excluding hydrogens is 292 g/mol. The van der Waals surface area contributed by atoms with Gasteiger partial charge in [0.2, 0.25) is 0 Å². The monoisotopic (exact) mass is 326 g/mol. The molecule has 128 valence electrons. The van der Waals surface area contributed by atoms with Gasteiger partial charge in [-0.25, -0.2) is 0 Å². The van der Waals surface area contributed by atoms with Crippen LogP contribution in [0.2, 0.25) is 0 Å². The molecule has 1 aliphatic carbocycles. The number of guanidine groups is 1. The highest BCUT2D eigenvalue weighted by Crippen LogP contribution is 2.26. The smallest absolute Gasteiger partial charge is 0.191 e. The zero-order chi connectivity index (χ0) is 15.6. The Labute approximate surface area is 140 Å². The van der Waals surface area contributed by atoms with E-state index in [0.717, 1.165) is 18.5 Å². The molecule has 0 bridgehead atoms. The van der Waals surface area contributed by atoms with Gasteiger partial charge in [-0.15, -0.1) is 0 Å². The van der Waals surface area contributed by atoms with Gasteiger partial charge in [-0.05, 0) is 50.5 Å². The fraction of sp³-hybridized carbons (Fsp3) is 0.941. The Bertz CT molecular complexity index is 321. The van der Waals surface area contributed by atoms with Crippen LogP contribution >= 0.6 is 11.8 Å². The largest absolute Gasteiger partial charge is 0.356 e. The molecule has 0 spiro atoms. The van der Waals surface area contributed by atoms with Crippen LogP contribution in [-0.4, -0.2) is 61.6 Å². The lowest BCUT2D eigenvalue weighted by atomic mass is 10.0. The number of aliphatic imine (C=N–C) groups is 1. The Morgan fingerprint density at radius 3 is 2.50 bits per heavy atom. The summed E-state index contributed by atoms with van der Waals surface area (Å²) in [5, 5.41) is 7.07. The van der Waals surface area contributed by atoms with Gasteiger partial charge in [0.05, 0.1) is 0 Å². The fourth-order valence-electron chi connectivity index (χ4n) is 3.64. The van der Waals surface area contributed by atoms with E-state index in [4.69, 9.17) is 0 Å². The molecule has 0 amide bonds. The number of piperidine rings is 1. The van der Waals surface area contributed by atoms with Crippen molar-refractivity contribution in [2.75, 3.05) is 38.7 Å².